The molecule has 2 aliphatic carbocycles. The van der Waals surface area contributed by atoms with Crippen molar-refractivity contribution in [2.75, 3.05) is 13.1 Å². The van der Waals surface area contributed by atoms with Gasteiger partial charge < -0.3 is 5.32 Å². The maximum Gasteiger partial charge on any atom is -0.00200 e. The molecule has 1 nitrogen and oxygen atoms in total. The van der Waals surface area contributed by atoms with Crippen molar-refractivity contribution < 1.29 is 0 Å². The van der Waals surface area contributed by atoms with Crippen LogP contribution in [0.1, 0.15) is 65.2 Å². The predicted molar refractivity (Wildman–Crippen MR) is 70.6 cm³/mol. The lowest BCUT2D eigenvalue weighted by Crippen LogP contribution is -2.42. The van der Waals surface area contributed by atoms with Crippen LogP contribution in [0.2, 0.25) is 0 Å². The SMILES string of the molecule is CC(C)CNCC1CC2(CCCCCC2)C1. The summed E-state index contributed by atoms with van der Waals surface area (Å²) in [5, 5.41) is 3.62. The third-order valence-corrected chi connectivity index (χ3v) is 4.59. The number of hydrogen-bond acceptors (Lipinski definition) is 1. The Bertz CT molecular complexity index is 193. The van der Waals surface area contributed by atoms with E-state index in [9.17, 15) is 0 Å². The van der Waals surface area contributed by atoms with Crippen LogP contribution < -0.4 is 5.32 Å². The number of hydrogen-bond donors (Lipinski definition) is 1. The third-order valence-electron chi connectivity index (χ3n) is 4.59. The Labute approximate surface area is 101 Å². The third kappa shape index (κ3) is 3.23. The molecule has 1 heteroatoms. The van der Waals surface area contributed by atoms with E-state index >= 15 is 0 Å². The van der Waals surface area contributed by atoms with Gasteiger partial charge in [0.2, 0.25) is 0 Å². The highest BCUT2D eigenvalue weighted by Crippen LogP contribution is 2.53. The zero-order valence-electron chi connectivity index (χ0n) is 11.2. The molecular weight excluding hydrogens is 194 g/mol. The lowest BCUT2D eigenvalue weighted by atomic mass is 9.58. The Balaban J connectivity index is 1.64. The second kappa shape index (κ2) is 5.53. The molecular formula is C15H29N. The Kier molecular flexibility index (Phi) is 4.29. The van der Waals surface area contributed by atoms with Crippen molar-refractivity contribution in [2.45, 2.75) is 65.2 Å². The van der Waals surface area contributed by atoms with Crippen LogP contribution in [0.5, 0.6) is 0 Å². The maximum absolute atomic E-state index is 3.62. The normalized spacial score (nSPS) is 25.7. The first-order valence-electron chi connectivity index (χ1n) is 7.41. The summed E-state index contributed by atoms with van der Waals surface area (Å²) < 4.78 is 0. The predicted octanol–water partition coefficient (Wildman–Crippen LogP) is 3.98. The fourth-order valence-electron chi connectivity index (χ4n) is 3.77. The molecule has 0 amide bonds. The van der Waals surface area contributed by atoms with Gasteiger partial charge in [-0.05, 0) is 56.0 Å². The van der Waals surface area contributed by atoms with Gasteiger partial charge in [0, 0.05) is 0 Å². The minimum Gasteiger partial charge on any atom is -0.316 e. The molecule has 0 radical (unpaired) electrons. The largest absolute Gasteiger partial charge is 0.316 e. The van der Waals surface area contributed by atoms with Crippen molar-refractivity contribution in [1.82, 2.24) is 5.32 Å². The average Bonchev–Trinajstić information content (AvgIpc) is 2.41. The number of rotatable bonds is 4. The second-order valence-electron chi connectivity index (χ2n) is 6.74. The van der Waals surface area contributed by atoms with Crippen LogP contribution in [0.15, 0.2) is 0 Å². The van der Waals surface area contributed by atoms with Gasteiger partial charge in [0.1, 0.15) is 0 Å². The molecule has 2 fully saturated rings. The van der Waals surface area contributed by atoms with Crippen LogP contribution in [-0.4, -0.2) is 13.1 Å². The van der Waals surface area contributed by atoms with Crippen LogP contribution in [0.25, 0.3) is 0 Å². The van der Waals surface area contributed by atoms with Gasteiger partial charge in [0.05, 0.1) is 0 Å². The molecule has 0 unspecified atom stereocenters. The molecule has 0 atom stereocenters. The molecule has 0 heterocycles. The fourth-order valence-corrected chi connectivity index (χ4v) is 3.77. The molecule has 2 saturated carbocycles. The van der Waals surface area contributed by atoms with E-state index in [1.54, 1.807) is 0 Å². The quantitative estimate of drug-likeness (QED) is 0.760. The van der Waals surface area contributed by atoms with Gasteiger partial charge in [-0.15, -0.1) is 0 Å². The van der Waals surface area contributed by atoms with Crippen molar-refractivity contribution in [1.29, 1.82) is 0 Å². The summed E-state index contributed by atoms with van der Waals surface area (Å²) >= 11 is 0. The molecule has 0 aromatic heterocycles. The fraction of sp³-hybridized carbons (Fsp3) is 1.00. The highest BCUT2D eigenvalue weighted by molar-refractivity contribution is 4.95. The van der Waals surface area contributed by atoms with Gasteiger partial charge in [0.15, 0.2) is 0 Å². The molecule has 0 aromatic carbocycles. The Morgan fingerprint density at radius 1 is 1.06 bits per heavy atom. The molecule has 1 N–H and O–H groups in total. The van der Waals surface area contributed by atoms with Crippen molar-refractivity contribution in [3.05, 3.63) is 0 Å². The number of nitrogens with one attached hydrogen (secondary N) is 1. The van der Waals surface area contributed by atoms with Gasteiger partial charge in [-0.3, -0.25) is 0 Å². The summed E-state index contributed by atoms with van der Waals surface area (Å²) in [5.74, 6) is 1.80. The Hall–Kier alpha value is -0.0400. The summed E-state index contributed by atoms with van der Waals surface area (Å²) in [5.41, 5.74) is 0.806. The first-order valence-corrected chi connectivity index (χ1v) is 7.41. The van der Waals surface area contributed by atoms with E-state index < -0.39 is 0 Å². The second-order valence-corrected chi connectivity index (χ2v) is 6.74. The Morgan fingerprint density at radius 2 is 1.69 bits per heavy atom. The lowest BCUT2D eigenvalue weighted by Gasteiger charge is -2.48. The van der Waals surface area contributed by atoms with E-state index in [1.165, 1.54) is 64.5 Å². The highest BCUT2D eigenvalue weighted by Gasteiger charge is 2.43. The van der Waals surface area contributed by atoms with Gasteiger partial charge >= 0.3 is 0 Å². The van der Waals surface area contributed by atoms with Crippen molar-refractivity contribution in [3.8, 4) is 0 Å². The molecule has 0 aromatic rings. The minimum absolute atomic E-state index is 0.798. The highest BCUT2D eigenvalue weighted by atomic mass is 14.9. The summed E-state index contributed by atoms with van der Waals surface area (Å²) in [6.45, 7) is 7.06. The summed E-state index contributed by atoms with van der Waals surface area (Å²) in [6.07, 6.45) is 12.1. The molecule has 94 valence electrons. The van der Waals surface area contributed by atoms with Crippen LogP contribution in [0, 0.1) is 17.3 Å². The molecule has 0 saturated heterocycles. The molecule has 16 heavy (non-hydrogen) atoms. The maximum atomic E-state index is 3.62. The zero-order chi connectivity index (χ0) is 11.4. The summed E-state index contributed by atoms with van der Waals surface area (Å²) in [6, 6.07) is 0. The summed E-state index contributed by atoms with van der Waals surface area (Å²) in [7, 11) is 0. The van der Waals surface area contributed by atoms with Crippen LogP contribution >= 0.6 is 0 Å². The minimum atomic E-state index is 0.798. The monoisotopic (exact) mass is 223 g/mol. The standard InChI is InChI=1S/C15H29N/c1-13(2)11-16-12-14-9-15(10-14)7-5-3-4-6-8-15/h13-14,16H,3-12H2,1-2H3. The molecule has 2 aliphatic rings. The van der Waals surface area contributed by atoms with E-state index in [1.807, 2.05) is 0 Å². The first-order chi connectivity index (χ1) is 7.70. The van der Waals surface area contributed by atoms with Crippen LogP contribution in [0.3, 0.4) is 0 Å². The van der Waals surface area contributed by atoms with Crippen molar-refractivity contribution in [2.24, 2.45) is 17.3 Å². The topological polar surface area (TPSA) is 12.0 Å². The Morgan fingerprint density at radius 3 is 2.25 bits per heavy atom. The smallest absolute Gasteiger partial charge is 0.00200 e. The van der Waals surface area contributed by atoms with E-state index in [0.29, 0.717) is 0 Å². The molecule has 2 rings (SSSR count). The molecule has 0 bridgehead atoms. The van der Waals surface area contributed by atoms with Crippen LogP contribution in [0.4, 0.5) is 0 Å². The van der Waals surface area contributed by atoms with E-state index in [0.717, 1.165) is 17.3 Å². The summed E-state index contributed by atoms with van der Waals surface area (Å²) in [4.78, 5) is 0. The molecule has 0 aliphatic heterocycles. The molecule has 1 spiro atoms. The zero-order valence-corrected chi connectivity index (χ0v) is 11.2. The van der Waals surface area contributed by atoms with E-state index in [2.05, 4.69) is 19.2 Å². The van der Waals surface area contributed by atoms with Gasteiger partial charge in [-0.25, -0.2) is 0 Å². The van der Waals surface area contributed by atoms with E-state index in [4.69, 9.17) is 0 Å². The lowest BCUT2D eigenvalue weighted by molar-refractivity contribution is 0.0375. The van der Waals surface area contributed by atoms with Gasteiger partial charge in [0.25, 0.3) is 0 Å². The van der Waals surface area contributed by atoms with Crippen molar-refractivity contribution >= 4 is 0 Å². The van der Waals surface area contributed by atoms with E-state index in [-0.39, 0.29) is 0 Å². The average molecular weight is 223 g/mol. The van der Waals surface area contributed by atoms with Crippen molar-refractivity contribution in [3.63, 3.8) is 0 Å². The van der Waals surface area contributed by atoms with Gasteiger partial charge in [-0.2, -0.15) is 0 Å². The van der Waals surface area contributed by atoms with Crippen LogP contribution in [-0.2, 0) is 0 Å². The van der Waals surface area contributed by atoms with Gasteiger partial charge in [-0.1, -0.05) is 39.5 Å². The first kappa shape index (κ1) is 12.4.